The lowest BCUT2D eigenvalue weighted by Gasteiger charge is -2.17. The second-order valence-electron chi connectivity index (χ2n) is 10.6. The number of amidine groups is 1. The number of aromatic nitrogens is 1. The summed E-state index contributed by atoms with van der Waals surface area (Å²) in [6.07, 6.45) is -0.578. The van der Waals surface area contributed by atoms with E-state index in [1.807, 2.05) is 49.4 Å². The van der Waals surface area contributed by atoms with Crippen molar-refractivity contribution in [1.82, 2.24) is 9.88 Å². The topological polar surface area (TPSA) is 118 Å². The van der Waals surface area contributed by atoms with Gasteiger partial charge in [0.15, 0.2) is 11.9 Å². The van der Waals surface area contributed by atoms with Crippen LogP contribution in [0.1, 0.15) is 78.0 Å². The molecule has 1 amide bonds. The van der Waals surface area contributed by atoms with Crippen LogP contribution in [0.15, 0.2) is 77.1 Å². The smallest absolute Gasteiger partial charge is 0.251 e. The lowest BCUT2D eigenvalue weighted by Crippen LogP contribution is -2.26. The third kappa shape index (κ3) is 6.22. The molecule has 4 aromatic rings. The van der Waals surface area contributed by atoms with Crippen LogP contribution in [0.5, 0.6) is 5.75 Å². The summed E-state index contributed by atoms with van der Waals surface area (Å²) in [5.74, 6) is 5.99. The third-order valence-electron chi connectivity index (χ3n) is 7.43. The zero-order valence-corrected chi connectivity index (χ0v) is 24.0. The number of nitrogens with one attached hydrogen (secondary N) is 2. The Morgan fingerprint density at radius 1 is 1.00 bits per heavy atom. The lowest BCUT2D eigenvalue weighted by molar-refractivity contribution is 0.0940. The average Bonchev–Trinajstić information content (AvgIpc) is 3.17. The molecule has 0 saturated heterocycles. The molecule has 0 radical (unpaired) electrons. The normalized spacial score (nSPS) is 13.1. The fourth-order valence-electron chi connectivity index (χ4n) is 4.85. The molecule has 0 unspecified atom stereocenters. The Bertz CT molecular complexity index is 1570. The molecule has 1 heterocycles. The molecular weight excluding hydrogens is 500 g/mol. The van der Waals surface area contributed by atoms with Crippen molar-refractivity contribution in [3.8, 4) is 5.75 Å². The van der Waals surface area contributed by atoms with Crippen LogP contribution in [0, 0.1) is 19.3 Å². The van der Waals surface area contributed by atoms with Gasteiger partial charge in [-0.05, 0) is 86.2 Å². The second kappa shape index (κ2) is 12.2. The highest BCUT2D eigenvalue weighted by molar-refractivity contribution is 5.99. The maximum atomic E-state index is 13.2. The number of nitrogens with two attached hydrogens (primary N) is 1. The fourth-order valence-corrected chi connectivity index (χ4v) is 4.85. The van der Waals surface area contributed by atoms with E-state index in [1.54, 1.807) is 6.92 Å². The zero-order chi connectivity index (χ0) is 29.0. The van der Waals surface area contributed by atoms with Crippen LogP contribution in [-0.4, -0.2) is 22.4 Å². The minimum atomic E-state index is -0.578. The lowest BCUT2D eigenvalue weighted by atomic mass is 9.98. The van der Waals surface area contributed by atoms with Gasteiger partial charge in [-0.1, -0.05) is 55.5 Å². The van der Waals surface area contributed by atoms with Crippen LogP contribution in [0.25, 0.3) is 10.9 Å². The number of fused-ring (bicyclic) bond motifs is 1. The molecule has 8 nitrogen and oxygen atoms in total. The Kier molecular flexibility index (Phi) is 8.67. The quantitative estimate of drug-likeness (QED) is 0.0700. The summed E-state index contributed by atoms with van der Waals surface area (Å²) in [7, 11) is 0. The number of carbonyl (C=O) groups excluding carboxylic acids is 1. The van der Waals surface area contributed by atoms with Crippen LogP contribution in [0.3, 0.4) is 0 Å². The van der Waals surface area contributed by atoms with Crippen molar-refractivity contribution in [3.05, 3.63) is 100 Å². The number of hydrogen-bond donors (Lipinski definition) is 3. The first-order chi connectivity index (χ1) is 19.1. The molecule has 0 aliphatic carbocycles. The highest BCUT2D eigenvalue weighted by Gasteiger charge is 2.17. The van der Waals surface area contributed by atoms with Gasteiger partial charge in [-0.3, -0.25) is 10.2 Å². The molecule has 4 rings (SSSR count). The molecule has 3 aromatic carbocycles. The van der Waals surface area contributed by atoms with Gasteiger partial charge in [0, 0.05) is 28.7 Å². The van der Waals surface area contributed by atoms with Crippen LogP contribution >= 0.6 is 0 Å². The van der Waals surface area contributed by atoms with Crippen molar-refractivity contribution in [3.63, 3.8) is 0 Å². The van der Waals surface area contributed by atoms with Crippen LogP contribution in [-0.2, 0) is 6.54 Å². The maximum absolute atomic E-state index is 13.2. The van der Waals surface area contributed by atoms with E-state index < -0.39 is 6.10 Å². The van der Waals surface area contributed by atoms with Gasteiger partial charge in [0.05, 0.1) is 6.04 Å². The van der Waals surface area contributed by atoms with Gasteiger partial charge in [-0.25, -0.2) is 0 Å². The van der Waals surface area contributed by atoms with E-state index in [0.717, 1.165) is 33.3 Å². The largest absolute Gasteiger partial charge is 0.483 e. The van der Waals surface area contributed by atoms with Gasteiger partial charge in [0.1, 0.15) is 5.75 Å². The summed E-state index contributed by atoms with van der Waals surface area (Å²) >= 11 is 0. The molecule has 4 N–H and O–H groups in total. The first-order valence-corrected chi connectivity index (χ1v) is 13.5. The van der Waals surface area contributed by atoms with Crippen molar-refractivity contribution < 1.29 is 9.53 Å². The van der Waals surface area contributed by atoms with Gasteiger partial charge >= 0.3 is 0 Å². The Labute approximate surface area is 235 Å². The standard InChI is InChI=1S/C32H38N6O2/c1-19(2)25-10-8-11-26(16-25)21(4)35-32(39)27-13-14-30-29(17-27)20(3)22(5)38(30)18-24-9-7-12-28(15-24)40-23(6)31(33)36-37-34/h7-17,19,21,23H,18H2,1-6H3,(H,35,39)(H3,33,34,36)/t21-,23-/m0/s1. The van der Waals surface area contributed by atoms with Crippen LogP contribution in [0.2, 0.25) is 0 Å². The Morgan fingerprint density at radius 2 is 1.73 bits per heavy atom. The summed E-state index contributed by atoms with van der Waals surface area (Å²) in [6, 6.07) is 22.0. The predicted octanol–water partition coefficient (Wildman–Crippen LogP) is 6.99. The van der Waals surface area contributed by atoms with Crippen molar-refractivity contribution in [2.45, 2.75) is 66.2 Å². The minimum Gasteiger partial charge on any atom is -0.483 e. The van der Waals surface area contributed by atoms with Gasteiger partial charge in [0.25, 0.3) is 5.91 Å². The number of amides is 1. The molecule has 0 fully saturated rings. The molecule has 40 heavy (non-hydrogen) atoms. The number of benzene rings is 3. The number of hydrogen-bond acceptors (Lipinski definition) is 4. The first kappa shape index (κ1) is 28.5. The summed E-state index contributed by atoms with van der Waals surface area (Å²) in [4.78, 5) is 13.2. The third-order valence-corrected chi connectivity index (χ3v) is 7.43. The SMILES string of the molecule is Cc1c(C)n(Cc2cccc(O[C@@H](C)C(=N)N=NN)c2)c2ccc(C(=O)N[C@@H](C)c3cccc(C(C)C)c3)cc12. The van der Waals surface area contributed by atoms with Gasteiger partial charge in [0.2, 0.25) is 0 Å². The summed E-state index contributed by atoms with van der Waals surface area (Å²) in [6.45, 7) is 12.9. The van der Waals surface area contributed by atoms with E-state index in [2.05, 4.69) is 72.2 Å². The average molecular weight is 539 g/mol. The van der Waals surface area contributed by atoms with Gasteiger partial charge in [-0.2, -0.15) is 0 Å². The summed E-state index contributed by atoms with van der Waals surface area (Å²) in [5.41, 5.74) is 7.39. The molecule has 0 aliphatic heterocycles. The van der Waals surface area contributed by atoms with Gasteiger partial charge < -0.3 is 20.5 Å². The van der Waals surface area contributed by atoms with Crippen LogP contribution in [0.4, 0.5) is 0 Å². The highest BCUT2D eigenvalue weighted by Crippen LogP contribution is 2.28. The summed E-state index contributed by atoms with van der Waals surface area (Å²) < 4.78 is 8.12. The molecule has 0 saturated carbocycles. The number of carbonyl (C=O) groups is 1. The van der Waals surface area contributed by atoms with Crippen molar-refractivity contribution in [2.24, 2.45) is 16.2 Å². The fraction of sp³-hybridized carbons (Fsp3) is 0.312. The second-order valence-corrected chi connectivity index (χ2v) is 10.6. The highest BCUT2D eigenvalue weighted by atomic mass is 16.5. The van der Waals surface area contributed by atoms with Gasteiger partial charge in [-0.15, -0.1) is 5.11 Å². The van der Waals surface area contributed by atoms with Crippen molar-refractivity contribution in [2.75, 3.05) is 0 Å². The number of rotatable bonds is 9. The van der Waals surface area contributed by atoms with E-state index in [9.17, 15) is 4.79 Å². The number of ether oxygens (including phenoxy) is 1. The van der Waals surface area contributed by atoms with Crippen LogP contribution < -0.4 is 15.9 Å². The molecule has 8 heteroatoms. The molecule has 0 aliphatic rings. The first-order valence-electron chi connectivity index (χ1n) is 13.5. The van der Waals surface area contributed by atoms with E-state index in [-0.39, 0.29) is 17.8 Å². The Morgan fingerprint density at radius 3 is 2.45 bits per heavy atom. The molecule has 2 atom stereocenters. The van der Waals surface area contributed by atoms with E-state index in [0.29, 0.717) is 23.8 Å². The Hall–Kier alpha value is -4.46. The molecule has 0 bridgehead atoms. The number of aryl methyl sites for hydroxylation is 1. The molecule has 1 aromatic heterocycles. The maximum Gasteiger partial charge on any atom is 0.251 e. The van der Waals surface area contributed by atoms with Crippen molar-refractivity contribution >= 4 is 22.6 Å². The molecule has 0 spiro atoms. The van der Waals surface area contributed by atoms with E-state index in [1.165, 1.54) is 5.56 Å². The van der Waals surface area contributed by atoms with Crippen molar-refractivity contribution in [1.29, 1.82) is 5.41 Å². The Balaban J connectivity index is 1.54. The monoisotopic (exact) mass is 538 g/mol. The van der Waals surface area contributed by atoms with E-state index in [4.69, 9.17) is 16.0 Å². The molecular formula is C32H38N6O2. The zero-order valence-electron chi connectivity index (χ0n) is 24.0. The minimum absolute atomic E-state index is 0.0471. The number of nitrogens with zero attached hydrogens (tertiary/aromatic N) is 3. The van der Waals surface area contributed by atoms with E-state index >= 15 is 0 Å². The predicted molar refractivity (Wildman–Crippen MR) is 160 cm³/mol. The summed E-state index contributed by atoms with van der Waals surface area (Å²) in [5, 5.41) is 18.8. The molecule has 208 valence electrons.